The van der Waals surface area contributed by atoms with Crippen molar-refractivity contribution in [2.24, 2.45) is 0 Å². The van der Waals surface area contributed by atoms with Crippen LogP contribution in [0.1, 0.15) is 25.7 Å². The zero-order valence-corrected chi connectivity index (χ0v) is 11.8. The Labute approximate surface area is 113 Å². The number of carboxylic acid groups (broad SMARTS) is 1. The maximum absolute atomic E-state index is 12.4. The second kappa shape index (κ2) is 5.74. The second-order valence-electron chi connectivity index (χ2n) is 4.99. The van der Waals surface area contributed by atoms with E-state index in [1.54, 1.807) is 0 Å². The number of rotatable bonds is 5. The van der Waals surface area contributed by atoms with Gasteiger partial charge in [-0.3, -0.25) is 4.79 Å². The molecule has 1 aliphatic carbocycles. The van der Waals surface area contributed by atoms with Crippen LogP contribution in [0.2, 0.25) is 0 Å². The second-order valence-corrected chi connectivity index (χ2v) is 6.98. The molecule has 0 bridgehead atoms. The van der Waals surface area contributed by atoms with E-state index in [1.165, 1.54) is 11.4 Å². The molecule has 0 spiro atoms. The van der Waals surface area contributed by atoms with Crippen molar-refractivity contribution in [2.45, 2.75) is 37.8 Å². The normalized spacial score (nSPS) is 28.5. The van der Waals surface area contributed by atoms with E-state index >= 15 is 0 Å². The fourth-order valence-corrected chi connectivity index (χ4v) is 4.29. The number of ether oxygens (including phenoxy) is 1. The van der Waals surface area contributed by atoms with Gasteiger partial charge in [0.25, 0.3) is 10.2 Å². The average molecular weight is 292 g/mol. The molecule has 1 heterocycles. The fraction of sp³-hybridized carbons (Fsp3) is 0.909. The maximum atomic E-state index is 12.4. The zero-order chi connectivity index (χ0) is 14.0. The highest BCUT2D eigenvalue weighted by atomic mass is 32.2. The van der Waals surface area contributed by atoms with E-state index in [2.05, 4.69) is 0 Å². The molecule has 2 fully saturated rings. The molecular weight excluding hydrogens is 272 g/mol. The molecule has 8 heteroatoms. The Balaban J connectivity index is 2.07. The Morgan fingerprint density at radius 3 is 2.89 bits per heavy atom. The van der Waals surface area contributed by atoms with Gasteiger partial charge < -0.3 is 9.84 Å². The largest absolute Gasteiger partial charge is 0.481 e. The summed E-state index contributed by atoms with van der Waals surface area (Å²) >= 11 is 0. The van der Waals surface area contributed by atoms with Crippen molar-refractivity contribution in [3.8, 4) is 0 Å². The molecule has 7 nitrogen and oxygen atoms in total. The van der Waals surface area contributed by atoms with Crippen LogP contribution in [-0.4, -0.2) is 67.0 Å². The predicted octanol–water partition coefficient (Wildman–Crippen LogP) is -0.109. The Morgan fingerprint density at radius 1 is 1.47 bits per heavy atom. The molecule has 2 unspecified atom stereocenters. The number of fused-ring (bicyclic) bond motifs is 1. The SMILES string of the molecule is CN(CCC(=O)O)S(=O)(=O)N1CCOC2CCCC21. The van der Waals surface area contributed by atoms with E-state index in [0.717, 1.165) is 23.6 Å². The highest BCUT2D eigenvalue weighted by Crippen LogP contribution is 2.31. The van der Waals surface area contributed by atoms with Gasteiger partial charge in [-0.1, -0.05) is 0 Å². The van der Waals surface area contributed by atoms with Crippen LogP contribution in [0.5, 0.6) is 0 Å². The van der Waals surface area contributed by atoms with Gasteiger partial charge in [-0.15, -0.1) is 0 Å². The van der Waals surface area contributed by atoms with Gasteiger partial charge in [0.15, 0.2) is 0 Å². The van der Waals surface area contributed by atoms with Crippen LogP contribution in [-0.2, 0) is 19.7 Å². The van der Waals surface area contributed by atoms with Crippen molar-refractivity contribution in [2.75, 3.05) is 26.7 Å². The van der Waals surface area contributed by atoms with E-state index in [9.17, 15) is 13.2 Å². The molecule has 0 aromatic carbocycles. The third kappa shape index (κ3) is 3.07. The smallest absolute Gasteiger partial charge is 0.304 e. The molecule has 19 heavy (non-hydrogen) atoms. The minimum absolute atomic E-state index is 0.00333. The van der Waals surface area contributed by atoms with Gasteiger partial charge in [0.1, 0.15) is 0 Å². The third-order valence-electron chi connectivity index (χ3n) is 3.76. The first-order valence-corrected chi connectivity index (χ1v) is 7.89. The Kier molecular flexibility index (Phi) is 4.44. The topological polar surface area (TPSA) is 87.2 Å². The van der Waals surface area contributed by atoms with Gasteiger partial charge in [-0.25, -0.2) is 0 Å². The number of carbonyl (C=O) groups is 1. The highest BCUT2D eigenvalue weighted by Gasteiger charge is 2.43. The number of hydrogen-bond donors (Lipinski definition) is 1. The van der Waals surface area contributed by atoms with Crippen molar-refractivity contribution in [3.63, 3.8) is 0 Å². The van der Waals surface area contributed by atoms with Crippen molar-refractivity contribution < 1.29 is 23.1 Å². The molecule has 1 saturated carbocycles. The van der Waals surface area contributed by atoms with Gasteiger partial charge in [-0.2, -0.15) is 17.0 Å². The van der Waals surface area contributed by atoms with Gasteiger partial charge >= 0.3 is 5.97 Å². The van der Waals surface area contributed by atoms with Crippen LogP contribution >= 0.6 is 0 Å². The van der Waals surface area contributed by atoms with Crippen molar-refractivity contribution in [1.82, 2.24) is 8.61 Å². The number of morpholine rings is 1. The maximum Gasteiger partial charge on any atom is 0.304 e. The van der Waals surface area contributed by atoms with Crippen molar-refractivity contribution >= 4 is 16.2 Å². The lowest BCUT2D eigenvalue weighted by Gasteiger charge is -2.38. The summed E-state index contributed by atoms with van der Waals surface area (Å²) in [6.07, 6.45) is 2.50. The van der Waals surface area contributed by atoms with E-state index < -0.39 is 16.2 Å². The van der Waals surface area contributed by atoms with Crippen LogP contribution in [0.3, 0.4) is 0 Å². The van der Waals surface area contributed by atoms with Gasteiger partial charge in [0.2, 0.25) is 0 Å². The Morgan fingerprint density at radius 2 is 2.21 bits per heavy atom. The lowest BCUT2D eigenvalue weighted by atomic mass is 10.2. The molecule has 110 valence electrons. The standard InChI is InChI=1S/C11H20N2O5S/c1-12(6-5-11(14)15)19(16,17)13-7-8-18-10-4-2-3-9(10)13/h9-10H,2-8H2,1H3,(H,14,15). The van der Waals surface area contributed by atoms with E-state index in [1.807, 2.05) is 0 Å². The summed E-state index contributed by atoms with van der Waals surface area (Å²) in [7, 11) is -2.16. The quantitative estimate of drug-likeness (QED) is 0.764. The van der Waals surface area contributed by atoms with Crippen LogP contribution in [0, 0.1) is 0 Å². The average Bonchev–Trinajstić information content (AvgIpc) is 2.83. The summed E-state index contributed by atoms with van der Waals surface area (Å²) in [5.41, 5.74) is 0. The van der Waals surface area contributed by atoms with Crippen molar-refractivity contribution in [1.29, 1.82) is 0 Å². The summed E-state index contributed by atoms with van der Waals surface area (Å²) in [6.45, 7) is 0.750. The lowest BCUT2D eigenvalue weighted by molar-refractivity contribution is -0.137. The fourth-order valence-electron chi connectivity index (χ4n) is 2.72. The molecule has 0 aromatic heterocycles. The molecular formula is C11H20N2O5S. The molecule has 0 amide bonds. The van der Waals surface area contributed by atoms with Crippen LogP contribution in [0.4, 0.5) is 0 Å². The predicted molar refractivity (Wildman–Crippen MR) is 67.9 cm³/mol. The first-order valence-electron chi connectivity index (χ1n) is 6.49. The molecule has 0 aromatic rings. The van der Waals surface area contributed by atoms with Crippen LogP contribution in [0.15, 0.2) is 0 Å². The molecule has 1 N–H and O–H groups in total. The summed E-state index contributed by atoms with van der Waals surface area (Å²) in [5.74, 6) is -0.997. The molecule has 1 saturated heterocycles. The van der Waals surface area contributed by atoms with Gasteiger partial charge in [-0.05, 0) is 19.3 Å². The first kappa shape index (κ1) is 14.7. The monoisotopic (exact) mass is 292 g/mol. The van der Waals surface area contributed by atoms with Gasteiger partial charge in [0, 0.05) is 20.1 Å². The number of nitrogens with zero attached hydrogens (tertiary/aromatic N) is 2. The lowest BCUT2D eigenvalue weighted by Crippen LogP contribution is -2.55. The van der Waals surface area contributed by atoms with Crippen LogP contribution in [0.25, 0.3) is 0 Å². The van der Waals surface area contributed by atoms with E-state index in [-0.39, 0.29) is 25.1 Å². The molecule has 0 radical (unpaired) electrons. The number of carboxylic acids is 1. The number of hydrogen-bond acceptors (Lipinski definition) is 4. The minimum Gasteiger partial charge on any atom is -0.481 e. The molecule has 2 rings (SSSR count). The molecule has 2 atom stereocenters. The molecule has 2 aliphatic rings. The summed E-state index contributed by atoms with van der Waals surface area (Å²) in [5, 5.41) is 8.63. The van der Waals surface area contributed by atoms with E-state index in [0.29, 0.717) is 13.2 Å². The van der Waals surface area contributed by atoms with Crippen LogP contribution < -0.4 is 0 Å². The van der Waals surface area contributed by atoms with Gasteiger partial charge in [0.05, 0.1) is 25.2 Å². The number of aliphatic carboxylic acids is 1. The first-order chi connectivity index (χ1) is 8.93. The summed E-state index contributed by atoms with van der Waals surface area (Å²) in [6, 6.07) is -0.0916. The Bertz CT molecular complexity index is 438. The third-order valence-corrected chi connectivity index (χ3v) is 5.78. The zero-order valence-electron chi connectivity index (χ0n) is 11.0. The highest BCUT2D eigenvalue weighted by molar-refractivity contribution is 7.86. The summed E-state index contributed by atoms with van der Waals surface area (Å²) in [4.78, 5) is 10.5. The minimum atomic E-state index is -3.59. The summed E-state index contributed by atoms with van der Waals surface area (Å²) < 4.78 is 33.1. The van der Waals surface area contributed by atoms with Crippen molar-refractivity contribution in [3.05, 3.63) is 0 Å². The Hall–Kier alpha value is -0.700. The molecule has 1 aliphatic heterocycles. The van der Waals surface area contributed by atoms with E-state index in [4.69, 9.17) is 9.84 Å².